The molecular formula is C6H9N3S. The fraction of sp³-hybridized carbons (Fsp3) is 0.333. The maximum atomic E-state index is 4.02. The lowest BCUT2D eigenvalue weighted by molar-refractivity contribution is 1.09. The van der Waals surface area contributed by atoms with Crippen LogP contribution in [0.4, 0.5) is 5.95 Å². The van der Waals surface area contributed by atoms with Crippen LogP contribution in [-0.2, 0) is 0 Å². The summed E-state index contributed by atoms with van der Waals surface area (Å²) >= 11 is 1.64. The molecule has 0 radical (unpaired) electrons. The number of anilines is 1. The highest BCUT2D eigenvalue weighted by atomic mass is 32.2. The van der Waals surface area contributed by atoms with Crippen molar-refractivity contribution in [3.05, 3.63) is 12.4 Å². The number of rotatable bonds is 2. The number of hydrogen-bond acceptors (Lipinski definition) is 4. The molecule has 0 aliphatic heterocycles. The van der Waals surface area contributed by atoms with Crippen molar-refractivity contribution < 1.29 is 0 Å². The van der Waals surface area contributed by atoms with E-state index in [2.05, 4.69) is 15.3 Å². The highest BCUT2D eigenvalue weighted by Gasteiger charge is 1.91. The molecule has 1 heterocycles. The van der Waals surface area contributed by atoms with E-state index in [1.807, 2.05) is 6.26 Å². The third-order valence-corrected chi connectivity index (χ3v) is 1.77. The van der Waals surface area contributed by atoms with Crippen molar-refractivity contribution in [1.82, 2.24) is 9.97 Å². The summed E-state index contributed by atoms with van der Waals surface area (Å²) in [6.45, 7) is 0. The van der Waals surface area contributed by atoms with Crippen LogP contribution >= 0.6 is 11.8 Å². The monoisotopic (exact) mass is 155 g/mol. The number of thioether (sulfide) groups is 1. The van der Waals surface area contributed by atoms with Crippen LogP contribution in [0.25, 0.3) is 0 Å². The van der Waals surface area contributed by atoms with E-state index in [0.29, 0.717) is 5.95 Å². The van der Waals surface area contributed by atoms with Crippen molar-refractivity contribution >= 4 is 17.7 Å². The van der Waals surface area contributed by atoms with Crippen LogP contribution in [0.5, 0.6) is 0 Å². The highest BCUT2D eigenvalue weighted by molar-refractivity contribution is 7.98. The Kier molecular flexibility index (Phi) is 2.50. The molecule has 1 N–H and O–H groups in total. The molecule has 3 nitrogen and oxygen atoms in total. The van der Waals surface area contributed by atoms with E-state index in [-0.39, 0.29) is 0 Å². The normalized spacial score (nSPS) is 9.40. The molecule has 1 aromatic heterocycles. The van der Waals surface area contributed by atoms with Crippen LogP contribution in [0.15, 0.2) is 17.3 Å². The van der Waals surface area contributed by atoms with Crippen molar-refractivity contribution in [2.24, 2.45) is 0 Å². The molecule has 1 rings (SSSR count). The number of nitrogens with zero attached hydrogens (tertiary/aromatic N) is 2. The Morgan fingerprint density at radius 3 is 2.40 bits per heavy atom. The van der Waals surface area contributed by atoms with Crippen molar-refractivity contribution in [3.8, 4) is 0 Å². The molecule has 0 saturated heterocycles. The molecule has 4 heteroatoms. The Labute approximate surface area is 64.3 Å². The van der Waals surface area contributed by atoms with Gasteiger partial charge in [-0.1, -0.05) is 0 Å². The van der Waals surface area contributed by atoms with E-state index in [1.54, 1.807) is 31.2 Å². The molecular weight excluding hydrogens is 146 g/mol. The second-order valence-electron chi connectivity index (χ2n) is 1.70. The first kappa shape index (κ1) is 7.34. The topological polar surface area (TPSA) is 37.8 Å². The van der Waals surface area contributed by atoms with Crippen LogP contribution < -0.4 is 5.32 Å². The van der Waals surface area contributed by atoms with Crippen LogP contribution in [-0.4, -0.2) is 23.3 Å². The lowest BCUT2D eigenvalue weighted by Crippen LogP contribution is -1.94. The van der Waals surface area contributed by atoms with Gasteiger partial charge in [-0.2, -0.15) is 0 Å². The number of nitrogens with one attached hydrogen (secondary N) is 1. The van der Waals surface area contributed by atoms with Crippen LogP contribution in [0.3, 0.4) is 0 Å². The zero-order valence-corrected chi connectivity index (χ0v) is 6.77. The van der Waals surface area contributed by atoms with E-state index in [1.165, 1.54) is 0 Å². The first-order chi connectivity index (χ1) is 4.86. The third kappa shape index (κ3) is 1.60. The standard InChI is InChI=1S/C6H9N3S/c1-7-6-8-3-5(10-2)4-9-6/h3-4H,1-2H3,(H,7,8,9). The fourth-order valence-electron chi connectivity index (χ4n) is 0.551. The highest BCUT2D eigenvalue weighted by Crippen LogP contribution is 2.11. The Morgan fingerprint density at radius 2 is 2.00 bits per heavy atom. The Morgan fingerprint density at radius 1 is 1.40 bits per heavy atom. The van der Waals surface area contributed by atoms with Gasteiger partial charge in [0.25, 0.3) is 0 Å². The minimum Gasteiger partial charge on any atom is -0.357 e. The van der Waals surface area contributed by atoms with Gasteiger partial charge >= 0.3 is 0 Å². The van der Waals surface area contributed by atoms with Gasteiger partial charge < -0.3 is 5.32 Å². The summed E-state index contributed by atoms with van der Waals surface area (Å²) in [4.78, 5) is 9.13. The third-order valence-electron chi connectivity index (χ3n) is 1.09. The molecule has 0 bridgehead atoms. The van der Waals surface area contributed by atoms with Gasteiger partial charge in [0.2, 0.25) is 5.95 Å². The van der Waals surface area contributed by atoms with Gasteiger partial charge in [0.1, 0.15) is 0 Å². The van der Waals surface area contributed by atoms with Crippen LogP contribution in [0, 0.1) is 0 Å². The number of aromatic nitrogens is 2. The molecule has 0 aromatic carbocycles. The van der Waals surface area contributed by atoms with Gasteiger partial charge in [0.15, 0.2) is 0 Å². The van der Waals surface area contributed by atoms with E-state index >= 15 is 0 Å². The van der Waals surface area contributed by atoms with E-state index in [0.717, 1.165) is 4.90 Å². The first-order valence-electron chi connectivity index (χ1n) is 2.90. The van der Waals surface area contributed by atoms with E-state index < -0.39 is 0 Å². The molecule has 0 amide bonds. The van der Waals surface area contributed by atoms with Gasteiger partial charge in [-0.25, -0.2) is 9.97 Å². The SMILES string of the molecule is CNc1ncc(SC)cn1. The molecule has 54 valence electrons. The second-order valence-corrected chi connectivity index (χ2v) is 2.58. The van der Waals surface area contributed by atoms with Gasteiger partial charge in [-0.15, -0.1) is 11.8 Å². The smallest absolute Gasteiger partial charge is 0.222 e. The molecule has 0 unspecified atom stereocenters. The summed E-state index contributed by atoms with van der Waals surface area (Å²) in [7, 11) is 1.80. The second kappa shape index (κ2) is 3.41. The van der Waals surface area contributed by atoms with Crippen LogP contribution in [0.2, 0.25) is 0 Å². The summed E-state index contributed by atoms with van der Waals surface area (Å²) in [5.74, 6) is 0.665. The van der Waals surface area contributed by atoms with Gasteiger partial charge in [0, 0.05) is 24.3 Å². The van der Waals surface area contributed by atoms with Crippen molar-refractivity contribution in [2.45, 2.75) is 4.90 Å². The lowest BCUT2D eigenvalue weighted by Gasteiger charge is -1.96. The summed E-state index contributed by atoms with van der Waals surface area (Å²) in [5.41, 5.74) is 0. The average molecular weight is 155 g/mol. The summed E-state index contributed by atoms with van der Waals surface area (Å²) in [6, 6.07) is 0. The lowest BCUT2D eigenvalue weighted by atomic mass is 10.7. The predicted molar refractivity (Wildman–Crippen MR) is 43.4 cm³/mol. The summed E-state index contributed by atoms with van der Waals surface area (Å²) in [6.07, 6.45) is 5.59. The molecule has 10 heavy (non-hydrogen) atoms. The molecule has 0 aliphatic carbocycles. The van der Waals surface area contributed by atoms with Crippen molar-refractivity contribution in [2.75, 3.05) is 18.6 Å². The first-order valence-corrected chi connectivity index (χ1v) is 4.13. The van der Waals surface area contributed by atoms with Crippen molar-refractivity contribution in [3.63, 3.8) is 0 Å². The zero-order valence-electron chi connectivity index (χ0n) is 5.96. The maximum Gasteiger partial charge on any atom is 0.222 e. The Hall–Kier alpha value is -0.770. The Balaban J connectivity index is 2.80. The summed E-state index contributed by atoms with van der Waals surface area (Å²) in [5, 5.41) is 2.85. The minimum atomic E-state index is 0.665. The number of hydrogen-bond donors (Lipinski definition) is 1. The van der Waals surface area contributed by atoms with Crippen molar-refractivity contribution in [1.29, 1.82) is 0 Å². The molecule has 0 aliphatic rings. The minimum absolute atomic E-state index is 0.665. The fourth-order valence-corrected chi connectivity index (χ4v) is 0.867. The molecule has 1 aromatic rings. The van der Waals surface area contributed by atoms with E-state index in [9.17, 15) is 0 Å². The molecule has 0 spiro atoms. The summed E-state index contributed by atoms with van der Waals surface area (Å²) < 4.78 is 0. The van der Waals surface area contributed by atoms with E-state index in [4.69, 9.17) is 0 Å². The maximum absolute atomic E-state index is 4.02. The molecule has 0 atom stereocenters. The predicted octanol–water partition coefficient (Wildman–Crippen LogP) is 1.24. The largest absolute Gasteiger partial charge is 0.357 e. The molecule has 0 saturated carbocycles. The van der Waals surface area contributed by atoms with Gasteiger partial charge in [-0.3, -0.25) is 0 Å². The van der Waals surface area contributed by atoms with Gasteiger partial charge in [0.05, 0.1) is 0 Å². The Bertz CT molecular complexity index is 174. The quantitative estimate of drug-likeness (QED) is 0.652. The van der Waals surface area contributed by atoms with Crippen LogP contribution in [0.1, 0.15) is 0 Å². The average Bonchev–Trinajstić information content (AvgIpc) is 2.05. The zero-order chi connectivity index (χ0) is 7.40. The molecule has 0 fully saturated rings. The van der Waals surface area contributed by atoms with Gasteiger partial charge in [-0.05, 0) is 6.26 Å².